The molecule has 2 aromatic rings. The molecule has 0 bridgehead atoms. The van der Waals surface area contributed by atoms with Crippen LogP contribution in [0.1, 0.15) is 40.6 Å². The van der Waals surface area contributed by atoms with Gasteiger partial charge in [0.1, 0.15) is 11.4 Å². The standard InChI is InChI=1S/C17H21N3O3S/c1-4-5-10-20(2)16(22)14-11-24-17(18-14)19-15(21)12-6-8-13(23-3)9-7-12/h6-9,11H,4-5,10H2,1-3H3,(H,18,19,21). The molecule has 1 aromatic carbocycles. The van der Waals surface area contributed by atoms with E-state index in [-0.39, 0.29) is 11.8 Å². The smallest absolute Gasteiger partial charge is 0.273 e. The van der Waals surface area contributed by atoms with E-state index in [1.54, 1.807) is 48.7 Å². The number of nitrogens with one attached hydrogen (secondary N) is 1. The molecule has 2 amide bonds. The van der Waals surface area contributed by atoms with Crippen molar-refractivity contribution in [3.8, 4) is 5.75 Å². The molecule has 0 unspecified atom stereocenters. The van der Waals surface area contributed by atoms with E-state index in [1.807, 2.05) is 0 Å². The van der Waals surface area contributed by atoms with Crippen LogP contribution in [0.25, 0.3) is 0 Å². The summed E-state index contributed by atoms with van der Waals surface area (Å²) in [6, 6.07) is 6.78. The van der Waals surface area contributed by atoms with Gasteiger partial charge in [-0.25, -0.2) is 4.98 Å². The molecule has 0 radical (unpaired) electrons. The van der Waals surface area contributed by atoms with Crippen LogP contribution in [0.4, 0.5) is 5.13 Å². The molecule has 0 saturated heterocycles. The minimum atomic E-state index is -0.273. The first-order valence-corrected chi connectivity index (χ1v) is 8.59. The van der Waals surface area contributed by atoms with Crippen molar-refractivity contribution in [2.75, 3.05) is 26.0 Å². The summed E-state index contributed by atoms with van der Waals surface area (Å²) in [5.41, 5.74) is 0.850. The lowest BCUT2D eigenvalue weighted by atomic mass is 10.2. The average Bonchev–Trinajstić information content (AvgIpc) is 3.07. The molecule has 1 aromatic heterocycles. The van der Waals surface area contributed by atoms with Crippen LogP contribution in [0.15, 0.2) is 29.6 Å². The van der Waals surface area contributed by atoms with Gasteiger partial charge in [0.2, 0.25) is 0 Å². The number of carbonyl (C=O) groups is 2. The minimum absolute atomic E-state index is 0.135. The van der Waals surface area contributed by atoms with Crippen molar-refractivity contribution in [2.24, 2.45) is 0 Å². The predicted molar refractivity (Wildman–Crippen MR) is 94.9 cm³/mol. The van der Waals surface area contributed by atoms with Crippen molar-refractivity contribution in [2.45, 2.75) is 19.8 Å². The van der Waals surface area contributed by atoms with E-state index in [0.717, 1.165) is 12.8 Å². The summed E-state index contributed by atoms with van der Waals surface area (Å²) in [5.74, 6) is 0.277. The van der Waals surface area contributed by atoms with Gasteiger partial charge in [-0.3, -0.25) is 14.9 Å². The topological polar surface area (TPSA) is 71.5 Å². The first-order valence-electron chi connectivity index (χ1n) is 7.71. The summed E-state index contributed by atoms with van der Waals surface area (Å²) in [6.07, 6.45) is 1.98. The highest BCUT2D eigenvalue weighted by Gasteiger charge is 2.16. The quantitative estimate of drug-likeness (QED) is 0.834. The van der Waals surface area contributed by atoms with Gasteiger partial charge in [-0.2, -0.15) is 0 Å². The van der Waals surface area contributed by atoms with E-state index in [4.69, 9.17) is 4.74 Å². The van der Waals surface area contributed by atoms with Crippen LogP contribution >= 0.6 is 11.3 Å². The maximum absolute atomic E-state index is 12.2. The van der Waals surface area contributed by atoms with Gasteiger partial charge in [0.05, 0.1) is 7.11 Å². The molecule has 6 nitrogen and oxygen atoms in total. The van der Waals surface area contributed by atoms with E-state index in [0.29, 0.717) is 28.7 Å². The van der Waals surface area contributed by atoms with Crippen LogP contribution in [0.5, 0.6) is 5.75 Å². The minimum Gasteiger partial charge on any atom is -0.497 e. The Morgan fingerprint density at radius 2 is 2.00 bits per heavy atom. The number of anilines is 1. The van der Waals surface area contributed by atoms with Crippen LogP contribution in [-0.4, -0.2) is 42.4 Å². The Bertz CT molecular complexity index is 697. The van der Waals surface area contributed by atoms with E-state index in [1.165, 1.54) is 11.3 Å². The number of aromatic nitrogens is 1. The van der Waals surface area contributed by atoms with Gasteiger partial charge < -0.3 is 9.64 Å². The van der Waals surface area contributed by atoms with E-state index >= 15 is 0 Å². The van der Waals surface area contributed by atoms with Gasteiger partial charge in [-0.1, -0.05) is 13.3 Å². The highest BCUT2D eigenvalue weighted by atomic mass is 32.1. The summed E-state index contributed by atoms with van der Waals surface area (Å²) in [6.45, 7) is 2.77. The molecule has 0 spiro atoms. The van der Waals surface area contributed by atoms with E-state index in [9.17, 15) is 9.59 Å². The molecule has 24 heavy (non-hydrogen) atoms. The van der Waals surface area contributed by atoms with Crippen LogP contribution in [0, 0.1) is 0 Å². The van der Waals surface area contributed by atoms with Crippen LogP contribution in [-0.2, 0) is 0 Å². The van der Waals surface area contributed by atoms with Gasteiger partial charge in [0.25, 0.3) is 11.8 Å². The molecule has 1 N–H and O–H groups in total. The molecule has 0 aliphatic rings. The Morgan fingerprint density at radius 1 is 1.29 bits per heavy atom. The van der Waals surface area contributed by atoms with Gasteiger partial charge in [-0.15, -0.1) is 11.3 Å². The number of carbonyl (C=O) groups excluding carboxylic acids is 2. The number of hydrogen-bond donors (Lipinski definition) is 1. The third-order valence-corrected chi connectivity index (χ3v) is 4.25. The second kappa shape index (κ2) is 8.44. The zero-order valence-corrected chi connectivity index (χ0v) is 14.9. The van der Waals surface area contributed by atoms with Gasteiger partial charge in [0, 0.05) is 24.5 Å². The van der Waals surface area contributed by atoms with Crippen molar-refractivity contribution in [3.63, 3.8) is 0 Å². The predicted octanol–water partition coefficient (Wildman–Crippen LogP) is 3.28. The Kier molecular flexibility index (Phi) is 6.31. The second-order valence-electron chi connectivity index (χ2n) is 5.30. The maximum Gasteiger partial charge on any atom is 0.273 e. The Balaban J connectivity index is 1.99. The largest absolute Gasteiger partial charge is 0.497 e. The fraction of sp³-hybridized carbons (Fsp3) is 0.353. The fourth-order valence-electron chi connectivity index (χ4n) is 2.03. The third-order valence-electron chi connectivity index (χ3n) is 3.49. The molecule has 2 rings (SSSR count). The number of benzene rings is 1. The van der Waals surface area contributed by atoms with Gasteiger partial charge >= 0.3 is 0 Å². The molecule has 0 atom stereocenters. The summed E-state index contributed by atoms with van der Waals surface area (Å²) >= 11 is 1.23. The van der Waals surface area contributed by atoms with Crippen molar-refractivity contribution in [3.05, 3.63) is 40.9 Å². The molecular weight excluding hydrogens is 326 g/mol. The number of unbranched alkanes of at least 4 members (excludes halogenated alkanes) is 1. The van der Waals surface area contributed by atoms with Crippen LogP contribution in [0.2, 0.25) is 0 Å². The molecule has 0 fully saturated rings. The van der Waals surface area contributed by atoms with Gasteiger partial charge in [-0.05, 0) is 30.7 Å². The lowest BCUT2D eigenvalue weighted by Crippen LogP contribution is -2.28. The lowest BCUT2D eigenvalue weighted by molar-refractivity contribution is 0.0788. The molecule has 128 valence electrons. The second-order valence-corrected chi connectivity index (χ2v) is 6.16. The van der Waals surface area contributed by atoms with E-state index < -0.39 is 0 Å². The maximum atomic E-state index is 12.2. The average molecular weight is 347 g/mol. The monoisotopic (exact) mass is 347 g/mol. The Labute approximate surface area is 145 Å². The highest BCUT2D eigenvalue weighted by Crippen LogP contribution is 2.18. The zero-order chi connectivity index (χ0) is 17.5. The van der Waals surface area contributed by atoms with Crippen LogP contribution in [0.3, 0.4) is 0 Å². The lowest BCUT2D eigenvalue weighted by Gasteiger charge is -2.14. The molecule has 1 heterocycles. The SMILES string of the molecule is CCCCN(C)C(=O)c1csc(NC(=O)c2ccc(OC)cc2)n1. The van der Waals surface area contributed by atoms with Crippen molar-refractivity contribution < 1.29 is 14.3 Å². The number of ether oxygens (including phenoxy) is 1. The summed E-state index contributed by atoms with van der Waals surface area (Å²) in [4.78, 5) is 30.3. The molecule has 0 aliphatic carbocycles. The third kappa shape index (κ3) is 4.55. The molecule has 7 heteroatoms. The number of methoxy groups -OCH3 is 1. The number of rotatable bonds is 7. The van der Waals surface area contributed by atoms with Crippen molar-refractivity contribution in [1.29, 1.82) is 0 Å². The number of hydrogen-bond acceptors (Lipinski definition) is 5. The number of thiazole rings is 1. The fourth-order valence-corrected chi connectivity index (χ4v) is 2.71. The highest BCUT2D eigenvalue weighted by molar-refractivity contribution is 7.14. The van der Waals surface area contributed by atoms with Crippen molar-refractivity contribution >= 4 is 28.3 Å². The first-order chi connectivity index (χ1) is 11.5. The van der Waals surface area contributed by atoms with E-state index in [2.05, 4.69) is 17.2 Å². The van der Waals surface area contributed by atoms with Crippen molar-refractivity contribution in [1.82, 2.24) is 9.88 Å². The zero-order valence-electron chi connectivity index (χ0n) is 14.0. The molecule has 0 saturated carbocycles. The summed E-state index contributed by atoms with van der Waals surface area (Å²) in [7, 11) is 3.33. The number of amides is 2. The van der Waals surface area contributed by atoms with Crippen LogP contribution < -0.4 is 10.1 Å². The molecule has 0 aliphatic heterocycles. The summed E-state index contributed by atoms with van der Waals surface area (Å²) in [5, 5.41) is 4.78. The van der Waals surface area contributed by atoms with Gasteiger partial charge in [0.15, 0.2) is 5.13 Å². The first kappa shape index (κ1) is 17.9. The Hall–Kier alpha value is -2.41. The normalized spacial score (nSPS) is 10.3. The molecular formula is C17H21N3O3S. The number of nitrogens with zero attached hydrogens (tertiary/aromatic N) is 2. The summed E-state index contributed by atoms with van der Waals surface area (Å²) < 4.78 is 5.06. The Morgan fingerprint density at radius 3 is 2.62 bits per heavy atom.